The molecular formula is C18H16BrN7O2S. The molecule has 6 rings (SSSR count). The van der Waals surface area contributed by atoms with Crippen LogP contribution in [0.4, 0.5) is 5.82 Å². The van der Waals surface area contributed by atoms with E-state index in [1.807, 2.05) is 0 Å². The average Bonchev–Trinajstić information content (AvgIpc) is 3.31. The van der Waals surface area contributed by atoms with Crippen LogP contribution < -0.4 is 10.5 Å². The van der Waals surface area contributed by atoms with Gasteiger partial charge in [0.25, 0.3) is 0 Å². The molecular weight excluding hydrogens is 458 g/mol. The molecule has 3 aliphatic carbocycles. The van der Waals surface area contributed by atoms with Crippen LogP contribution in [0.1, 0.15) is 25.7 Å². The minimum atomic E-state index is -3.74. The SMILES string of the molecule is [C-]#[N+]C12CCC(NS(=O)(=O)c3cccc(-c4c(Br)nc5c(N)ncnn45)c3)(C1)C2. The molecule has 0 radical (unpaired) electrons. The summed E-state index contributed by atoms with van der Waals surface area (Å²) in [4.78, 5) is 12.1. The number of anilines is 1. The zero-order valence-electron chi connectivity index (χ0n) is 15.1. The first-order valence-electron chi connectivity index (χ1n) is 8.94. The highest BCUT2D eigenvalue weighted by Crippen LogP contribution is 2.57. The molecule has 2 aromatic heterocycles. The zero-order valence-corrected chi connectivity index (χ0v) is 17.5. The number of rotatable bonds is 4. The first-order valence-corrected chi connectivity index (χ1v) is 11.2. The number of imidazole rings is 1. The molecule has 0 atom stereocenters. The summed E-state index contributed by atoms with van der Waals surface area (Å²) in [5, 5.41) is 4.19. The maximum absolute atomic E-state index is 13.1. The molecule has 0 saturated heterocycles. The fourth-order valence-corrected chi connectivity index (χ4v) is 6.59. The van der Waals surface area contributed by atoms with E-state index in [9.17, 15) is 8.42 Å². The summed E-state index contributed by atoms with van der Waals surface area (Å²) >= 11 is 3.41. The molecule has 0 amide bonds. The zero-order chi connectivity index (χ0) is 20.4. The van der Waals surface area contributed by atoms with E-state index in [1.54, 1.807) is 24.3 Å². The van der Waals surface area contributed by atoms with Gasteiger partial charge < -0.3 is 10.6 Å². The number of halogens is 1. The van der Waals surface area contributed by atoms with Crippen LogP contribution in [-0.4, -0.2) is 39.1 Å². The van der Waals surface area contributed by atoms with Gasteiger partial charge in [0, 0.05) is 30.4 Å². The summed E-state index contributed by atoms with van der Waals surface area (Å²) in [5.74, 6) is 0.228. The van der Waals surface area contributed by atoms with Gasteiger partial charge in [-0.15, -0.1) is 0 Å². The van der Waals surface area contributed by atoms with Crippen molar-refractivity contribution in [3.05, 3.63) is 46.6 Å². The molecule has 29 heavy (non-hydrogen) atoms. The Balaban J connectivity index is 1.52. The van der Waals surface area contributed by atoms with Crippen LogP contribution in [0.5, 0.6) is 0 Å². The molecule has 1 aromatic carbocycles. The molecule has 3 N–H and O–H groups in total. The monoisotopic (exact) mass is 473 g/mol. The third kappa shape index (κ3) is 2.74. The van der Waals surface area contributed by atoms with E-state index in [1.165, 1.54) is 10.8 Å². The predicted octanol–water partition coefficient (Wildman–Crippen LogP) is 2.40. The number of sulfonamides is 1. The molecule has 3 aliphatic rings. The molecule has 9 nitrogen and oxygen atoms in total. The summed E-state index contributed by atoms with van der Waals surface area (Å²) in [6.45, 7) is 7.34. The highest BCUT2D eigenvalue weighted by atomic mass is 79.9. The highest BCUT2D eigenvalue weighted by molar-refractivity contribution is 9.10. The Bertz CT molecular complexity index is 1310. The molecule has 2 bridgehead atoms. The maximum Gasteiger partial charge on any atom is 0.241 e. The number of hydrogen-bond acceptors (Lipinski definition) is 6. The van der Waals surface area contributed by atoms with E-state index >= 15 is 0 Å². The molecule has 3 fully saturated rings. The second-order valence-electron chi connectivity index (χ2n) is 7.74. The second-order valence-corrected chi connectivity index (χ2v) is 10.2. The van der Waals surface area contributed by atoms with Crippen LogP contribution in [0.3, 0.4) is 0 Å². The van der Waals surface area contributed by atoms with Gasteiger partial charge >= 0.3 is 0 Å². The Kier molecular flexibility index (Phi) is 3.81. The van der Waals surface area contributed by atoms with E-state index in [-0.39, 0.29) is 16.3 Å². The van der Waals surface area contributed by atoms with E-state index in [0.717, 1.165) is 6.42 Å². The lowest BCUT2D eigenvalue weighted by molar-refractivity contribution is 0.218. The lowest BCUT2D eigenvalue weighted by atomic mass is 9.72. The summed E-state index contributed by atoms with van der Waals surface area (Å²) in [7, 11) is -3.74. The van der Waals surface area contributed by atoms with Gasteiger partial charge in [-0.05, 0) is 34.5 Å². The van der Waals surface area contributed by atoms with Crippen molar-refractivity contribution in [3.63, 3.8) is 0 Å². The van der Waals surface area contributed by atoms with Gasteiger partial charge in [0.2, 0.25) is 15.6 Å². The van der Waals surface area contributed by atoms with Crippen LogP contribution in [0, 0.1) is 6.57 Å². The van der Waals surface area contributed by atoms with Gasteiger partial charge in [-0.2, -0.15) is 5.10 Å². The largest absolute Gasteiger partial charge is 0.381 e. The van der Waals surface area contributed by atoms with Crippen molar-refractivity contribution in [2.75, 3.05) is 5.73 Å². The average molecular weight is 474 g/mol. The molecule has 0 spiro atoms. The standard InChI is InChI=1S/C18H16BrN7O2S/c1-21-17-5-6-18(8-17,9-17)25-29(27,28)12-4-2-3-11(7-12)13-14(19)24-16-15(20)22-10-23-26(13)16/h2-4,7,10,25H,5-6,8-9H2,(H2,20,22,23). The Morgan fingerprint density at radius 3 is 2.83 bits per heavy atom. The molecule has 3 aromatic rings. The van der Waals surface area contributed by atoms with Gasteiger partial charge in [0.05, 0.1) is 4.90 Å². The number of nitrogens with one attached hydrogen (secondary N) is 1. The Labute approximate surface area is 175 Å². The maximum atomic E-state index is 13.1. The number of nitrogens with zero attached hydrogens (tertiary/aromatic N) is 5. The van der Waals surface area contributed by atoms with Crippen molar-refractivity contribution in [2.24, 2.45) is 0 Å². The summed E-state index contributed by atoms with van der Waals surface area (Å²) in [5.41, 5.74) is 6.59. The number of benzene rings is 1. The Hall–Kier alpha value is -2.55. The smallest absolute Gasteiger partial charge is 0.241 e. The van der Waals surface area contributed by atoms with Crippen molar-refractivity contribution < 1.29 is 8.42 Å². The van der Waals surface area contributed by atoms with Gasteiger partial charge in [0.1, 0.15) is 16.6 Å². The van der Waals surface area contributed by atoms with Crippen molar-refractivity contribution in [2.45, 2.75) is 41.7 Å². The number of aromatic nitrogens is 4. The normalized spacial score (nSPS) is 25.7. The molecule has 0 unspecified atom stereocenters. The number of nitrogen functional groups attached to an aromatic ring is 1. The summed E-state index contributed by atoms with van der Waals surface area (Å²) < 4.78 is 31.0. The van der Waals surface area contributed by atoms with Gasteiger partial charge in [-0.1, -0.05) is 12.1 Å². The molecule has 3 saturated carbocycles. The van der Waals surface area contributed by atoms with E-state index in [4.69, 9.17) is 12.3 Å². The fourth-order valence-electron chi connectivity index (χ4n) is 4.55. The quantitative estimate of drug-likeness (QED) is 0.561. The van der Waals surface area contributed by atoms with E-state index in [0.29, 0.717) is 40.8 Å². The van der Waals surface area contributed by atoms with Crippen LogP contribution in [0.15, 0.2) is 40.1 Å². The van der Waals surface area contributed by atoms with Gasteiger partial charge in [-0.3, -0.25) is 0 Å². The molecule has 2 heterocycles. The predicted molar refractivity (Wildman–Crippen MR) is 109 cm³/mol. The summed E-state index contributed by atoms with van der Waals surface area (Å²) in [6.07, 6.45) is 3.93. The lowest BCUT2D eigenvalue weighted by Gasteiger charge is -2.39. The van der Waals surface area contributed by atoms with Crippen LogP contribution in [0.2, 0.25) is 0 Å². The summed E-state index contributed by atoms with van der Waals surface area (Å²) in [6, 6.07) is 6.60. The van der Waals surface area contributed by atoms with E-state index in [2.05, 4.69) is 40.6 Å². The van der Waals surface area contributed by atoms with Crippen molar-refractivity contribution >= 4 is 37.4 Å². The number of hydrogen-bond donors (Lipinski definition) is 2. The molecule has 148 valence electrons. The third-order valence-corrected chi connectivity index (χ3v) is 7.94. The van der Waals surface area contributed by atoms with Crippen molar-refractivity contribution in [1.29, 1.82) is 0 Å². The number of nitrogens with two attached hydrogens (primary N) is 1. The van der Waals surface area contributed by atoms with Gasteiger partial charge in [0.15, 0.2) is 11.5 Å². The van der Waals surface area contributed by atoms with E-state index < -0.39 is 15.6 Å². The first kappa shape index (κ1) is 18.5. The topological polar surface area (TPSA) is 120 Å². The second kappa shape index (κ2) is 5.98. The Morgan fingerprint density at radius 2 is 2.10 bits per heavy atom. The Morgan fingerprint density at radius 1 is 1.31 bits per heavy atom. The third-order valence-electron chi connectivity index (χ3n) is 5.81. The van der Waals surface area contributed by atoms with Gasteiger partial charge in [-0.25, -0.2) is 34.2 Å². The number of fused-ring (bicyclic) bond motifs is 2. The minimum Gasteiger partial charge on any atom is -0.381 e. The lowest BCUT2D eigenvalue weighted by Crippen LogP contribution is -2.57. The molecule has 0 aliphatic heterocycles. The van der Waals surface area contributed by atoms with Crippen molar-refractivity contribution in [1.82, 2.24) is 24.3 Å². The van der Waals surface area contributed by atoms with Crippen molar-refractivity contribution in [3.8, 4) is 11.3 Å². The van der Waals surface area contributed by atoms with Crippen LogP contribution in [0.25, 0.3) is 21.7 Å². The first-order chi connectivity index (χ1) is 13.8. The highest BCUT2D eigenvalue weighted by Gasteiger charge is 2.67. The van der Waals surface area contributed by atoms with Crippen LogP contribution in [-0.2, 0) is 10.0 Å². The van der Waals surface area contributed by atoms with Crippen LogP contribution >= 0.6 is 15.9 Å². The fraction of sp³-hybridized carbons (Fsp3) is 0.333. The minimum absolute atomic E-state index is 0.153. The molecule has 11 heteroatoms.